The maximum atomic E-state index is 13.4. The molecule has 0 bridgehead atoms. The molecular weight excluding hydrogens is 417 g/mol. The van der Waals surface area contributed by atoms with Crippen molar-refractivity contribution in [1.82, 2.24) is 0 Å². The first kappa shape index (κ1) is 20.6. The summed E-state index contributed by atoms with van der Waals surface area (Å²) >= 11 is 1.33. The fourth-order valence-corrected chi connectivity index (χ4v) is 4.89. The number of rotatable bonds is 5. The molecule has 31 heavy (non-hydrogen) atoms. The molecule has 1 aliphatic rings. The molecule has 2 aromatic heterocycles. The van der Waals surface area contributed by atoms with Crippen LogP contribution < -0.4 is 11.1 Å². The minimum Gasteiger partial charge on any atom is -0.457 e. The van der Waals surface area contributed by atoms with E-state index in [4.69, 9.17) is 10.2 Å². The van der Waals surface area contributed by atoms with Gasteiger partial charge >= 0.3 is 0 Å². The number of hydrogen-bond acceptors (Lipinski definition) is 5. The number of fused-ring (bicyclic) bond motifs is 1. The molecule has 3 aromatic rings. The predicted molar refractivity (Wildman–Crippen MR) is 116 cm³/mol. The van der Waals surface area contributed by atoms with E-state index in [0.29, 0.717) is 21.9 Å². The summed E-state index contributed by atoms with van der Waals surface area (Å²) in [5, 5.41) is 12.5. The van der Waals surface area contributed by atoms with Crippen molar-refractivity contribution in [3.63, 3.8) is 0 Å². The van der Waals surface area contributed by atoms with E-state index in [1.807, 2.05) is 6.07 Å². The molecule has 0 saturated heterocycles. The normalized spacial score (nSPS) is 13.4. The number of nitrogens with two attached hydrogens (primary N) is 1. The average molecular weight is 435 g/mol. The molecule has 0 unspecified atom stereocenters. The SMILES string of the molecule is N#C/C(=C/c1ccc(-c2cccc(F)c2)o1)C(=O)Nc1sc2c(c1C(N)=O)CCCC2. The second-order valence-electron chi connectivity index (χ2n) is 7.12. The largest absolute Gasteiger partial charge is 0.457 e. The molecule has 8 heteroatoms. The number of thiophene rings is 1. The number of benzene rings is 1. The summed E-state index contributed by atoms with van der Waals surface area (Å²) in [7, 11) is 0. The highest BCUT2D eigenvalue weighted by molar-refractivity contribution is 7.17. The van der Waals surface area contributed by atoms with Gasteiger partial charge < -0.3 is 15.5 Å². The number of nitrogens with one attached hydrogen (secondary N) is 1. The zero-order chi connectivity index (χ0) is 22.0. The van der Waals surface area contributed by atoms with Gasteiger partial charge in [0.15, 0.2) is 0 Å². The lowest BCUT2D eigenvalue weighted by Gasteiger charge is -2.11. The minimum absolute atomic E-state index is 0.193. The Hall–Kier alpha value is -3.70. The maximum absolute atomic E-state index is 13.4. The van der Waals surface area contributed by atoms with Crippen LogP contribution in [0.5, 0.6) is 0 Å². The third-order valence-corrected chi connectivity index (χ3v) is 6.24. The van der Waals surface area contributed by atoms with Crippen LogP contribution >= 0.6 is 11.3 Å². The molecule has 6 nitrogen and oxygen atoms in total. The van der Waals surface area contributed by atoms with E-state index in [9.17, 15) is 19.2 Å². The quantitative estimate of drug-likeness (QED) is 0.448. The van der Waals surface area contributed by atoms with E-state index in [0.717, 1.165) is 36.1 Å². The number of amides is 2. The zero-order valence-corrected chi connectivity index (χ0v) is 17.2. The molecule has 1 aromatic carbocycles. The Labute approximate surface area is 181 Å². The first-order valence-electron chi connectivity index (χ1n) is 9.69. The lowest BCUT2D eigenvalue weighted by atomic mass is 9.95. The molecule has 0 saturated carbocycles. The Morgan fingerprint density at radius 3 is 2.77 bits per heavy atom. The molecule has 2 heterocycles. The van der Waals surface area contributed by atoms with Gasteiger partial charge in [0.2, 0.25) is 0 Å². The van der Waals surface area contributed by atoms with Gasteiger partial charge in [0, 0.05) is 16.5 Å². The van der Waals surface area contributed by atoms with Crippen LogP contribution in [0.3, 0.4) is 0 Å². The number of carbonyl (C=O) groups excluding carboxylic acids is 2. The van der Waals surface area contributed by atoms with E-state index in [-0.39, 0.29) is 11.3 Å². The Morgan fingerprint density at radius 1 is 1.23 bits per heavy atom. The fourth-order valence-electron chi connectivity index (χ4n) is 3.60. The van der Waals surface area contributed by atoms with Gasteiger partial charge in [-0.25, -0.2) is 4.39 Å². The zero-order valence-electron chi connectivity index (χ0n) is 16.4. The van der Waals surface area contributed by atoms with Crippen molar-refractivity contribution in [2.24, 2.45) is 5.73 Å². The highest BCUT2D eigenvalue weighted by Crippen LogP contribution is 2.38. The molecule has 156 valence electrons. The van der Waals surface area contributed by atoms with E-state index >= 15 is 0 Å². The smallest absolute Gasteiger partial charge is 0.267 e. The summed E-state index contributed by atoms with van der Waals surface area (Å²) in [5.41, 5.74) is 7.13. The molecule has 4 rings (SSSR count). The number of anilines is 1. The molecule has 1 aliphatic carbocycles. The van der Waals surface area contributed by atoms with Gasteiger partial charge in [-0.2, -0.15) is 5.26 Å². The van der Waals surface area contributed by atoms with Crippen LogP contribution in [0.15, 0.2) is 46.4 Å². The number of aryl methyl sites for hydroxylation is 1. The Morgan fingerprint density at radius 2 is 2.03 bits per heavy atom. The summed E-state index contributed by atoms with van der Waals surface area (Å²) < 4.78 is 19.1. The van der Waals surface area contributed by atoms with Gasteiger partial charge in [-0.05, 0) is 55.5 Å². The number of halogens is 1. The third kappa shape index (κ3) is 4.27. The maximum Gasteiger partial charge on any atom is 0.267 e. The molecule has 3 N–H and O–H groups in total. The summed E-state index contributed by atoms with van der Waals surface area (Å²) in [6.07, 6.45) is 4.87. The van der Waals surface area contributed by atoms with Crippen LogP contribution in [0.4, 0.5) is 9.39 Å². The average Bonchev–Trinajstić information content (AvgIpc) is 3.36. The van der Waals surface area contributed by atoms with Gasteiger partial charge in [-0.1, -0.05) is 12.1 Å². The number of carbonyl (C=O) groups is 2. The molecule has 0 atom stereocenters. The van der Waals surface area contributed by atoms with Crippen molar-refractivity contribution in [3.8, 4) is 17.4 Å². The van der Waals surface area contributed by atoms with Gasteiger partial charge in [-0.15, -0.1) is 11.3 Å². The second kappa shape index (κ2) is 8.58. The lowest BCUT2D eigenvalue weighted by molar-refractivity contribution is -0.112. The van der Waals surface area contributed by atoms with Crippen molar-refractivity contribution in [3.05, 3.63) is 69.6 Å². The molecule has 0 fully saturated rings. The molecule has 0 spiro atoms. The standard InChI is InChI=1S/C23H18FN3O3S/c24-15-5-3-4-13(10-15)18-9-8-16(30-18)11-14(12-25)22(29)27-23-20(21(26)28)17-6-1-2-7-19(17)31-23/h3-5,8-11H,1-2,6-7H2,(H2,26,28)(H,27,29)/b14-11-. The monoisotopic (exact) mass is 435 g/mol. The highest BCUT2D eigenvalue weighted by atomic mass is 32.1. The highest BCUT2D eigenvalue weighted by Gasteiger charge is 2.25. The van der Waals surface area contributed by atoms with Crippen LogP contribution in [-0.4, -0.2) is 11.8 Å². The van der Waals surface area contributed by atoms with Crippen LogP contribution in [0, 0.1) is 17.1 Å². The Balaban J connectivity index is 1.59. The van der Waals surface area contributed by atoms with Gasteiger partial charge in [0.25, 0.3) is 11.8 Å². The first-order chi connectivity index (χ1) is 15.0. The molecule has 0 aliphatic heterocycles. The van der Waals surface area contributed by atoms with Crippen molar-refractivity contribution in [1.29, 1.82) is 5.26 Å². The van der Waals surface area contributed by atoms with E-state index in [2.05, 4.69) is 5.32 Å². The molecule has 0 radical (unpaired) electrons. The lowest BCUT2D eigenvalue weighted by Crippen LogP contribution is -2.19. The van der Waals surface area contributed by atoms with Crippen LogP contribution in [0.2, 0.25) is 0 Å². The van der Waals surface area contributed by atoms with Crippen LogP contribution in [0.25, 0.3) is 17.4 Å². The number of furan rings is 1. The van der Waals surface area contributed by atoms with Crippen molar-refractivity contribution in [2.45, 2.75) is 25.7 Å². The van der Waals surface area contributed by atoms with Crippen LogP contribution in [0.1, 0.15) is 39.4 Å². The van der Waals surface area contributed by atoms with Crippen molar-refractivity contribution >= 4 is 34.2 Å². The van der Waals surface area contributed by atoms with Gasteiger partial charge in [0.1, 0.15) is 34.0 Å². The number of nitriles is 1. The minimum atomic E-state index is -0.660. The van der Waals surface area contributed by atoms with Crippen LogP contribution in [-0.2, 0) is 17.6 Å². The number of hydrogen-bond donors (Lipinski definition) is 2. The fraction of sp³-hybridized carbons (Fsp3) is 0.174. The van der Waals surface area contributed by atoms with E-state index in [1.165, 1.54) is 29.5 Å². The number of primary amides is 1. The molecular formula is C23H18FN3O3S. The Bertz CT molecular complexity index is 1250. The van der Waals surface area contributed by atoms with Crippen molar-refractivity contribution in [2.75, 3.05) is 5.32 Å². The van der Waals surface area contributed by atoms with Crippen molar-refractivity contribution < 1.29 is 18.4 Å². The van der Waals surface area contributed by atoms with E-state index in [1.54, 1.807) is 24.3 Å². The second-order valence-corrected chi connectivity index (χ2v) is 8.22. The summed E-state index contributed by atoms with van der Waals surface area (Å²) in [5.74, 6) is -0.973. The first-order valence-corrected chi connectivity index (χ1v) is 10.5. The summed E-state index contributed by atoms with van der Waals surface area (Å²) in [6.45, 7) is 0. The Kier molecular flexibility index (Phi) is 5.69. The van der Waals surface area contributed by atoms with Gasteiger partial charge in [-0.3, -0.25) is 9.59 Å². The molecule has 2 amide bonds. The third-order valence-electron chi connectivity index (χ3n) is 5.03. The summed E-state index contributed by atoms with van der Waals surface area (Å²) in [4.78, 5) is 25.7. The van der Waals surface area contributed by atoms with E-state index < -0.39 is 17.6 Å². The number of nitrogens with zero attached hydrogens (tertiary/aromatic N) is 1. The summed E-state index contributed by atoms with van der Waals surface area (Å²) in [6, 6.07) is 11.0. The van der Waals surface area contributed by atoms with Gasteiger partial charge in [0.05, 0.1) is 5.56 Å². The predicted octanol–water partition coefficient (Wildman–Crippen LogP) is 4.67. The topological polar surface area (TPSA) is 109 Å².